The molecule has 4 aliphatic carbocycles. The molecule has 7 atom stereocenters. The summed E-state index contributed by atoms with van der Waals surface area (Å²) in [7, 11) is 1.45. The first-order chi connectivity index (χ1) is 12.8. The van der Waals surface area contributed by atoms with Crippen LogP contribution in [0.2, 0.25) is 0 Å². The van der Waals surface area contributed by atoms with E-state index in [4.69, 9.17) is 9.47 Å². The molecule has 0 amide bonds. The Morgan fingerprint density at radius 3 is 2.59 bits per heavy atom. The molecule has 5 heteroatoms. The Morgan fingerprint density at radius 1 is 1.11 bits per heavy atom. The normalized spacial score (nSPS) is 43.1. The smallest absolute Gasteiger partial charge is 0.308 e. The number of ketones is 1. The maximum atomic E-state index is 13.3. The third-order valence-electron chi connectivity index (χ3n) is 7.97. The average molecular weight is 374 g/mol. The summed E-state index contributed by atoms with van der Waals surface area (Å²) >= 11 is 0. The van der Waals surface area contributed by atoms with Crippen molar-refractivity contribution in [1.29, 1.82) is 0 Å². The molecule has 148 valence electrons. The summed E-state index contributed by atoms with van der Waals surface area (Å²) in [6, 6.07) is 0. The molecule has 0 N–H and O–H groups in total. The molecule has 0 aromatic heterocycles. The molecule has 0 bridgehead atoms. The number of esters is 2. The highest BCUT2D eigenvalue weighted by atomic mass is 16.5. The van der Waals surface area contributed by atoms with Gasteiger partial charge in [-0.15, -0.1) is 0 Å². The van der Waals surface area contributed by atoms with Crippen molar-refractivity contribution >= 4 is 17.7 Å². The molecule has 0 spiro atoms. The van der Waals surface area contributed by atoms with Crippen molar-refractivity contribution in [3.63, 3.8) is 0 Å². The van der Waals surface area contributed by atoms with Gasteiger partial charge >= 0.3 is 11.9 Å². The number of ether oxygens (including phenoxy) is 2. The third kappa shape index (κ3) is 2.94. The zero-order chi connectivity index (χ0) is 19.3. The Bertz CT molecular complexity index is 695. The minimum Gasteiger partial charge on any atom is -0.469 e. The molecule has 0 radical (unpaired) electrons. The van der Waals surface area contributed by atoms with Crippen LogP contribution in [0.4, 0.5) is 0 Å². The minimum atomic E-state index is -0.228. The van der Waals surface area contributed by atoms with E-state index < -0.39 is 0 Å². The molecule has 5 nitrogen and oxygen atoms in total. The van der Waals surface area contributed by atoms with Gasteiger partial charge in [0.15, 0.2) is 0 Å². The standard InChI is InChI=1S/C22H30O5/c1-12(23)27-14-8-9-22(2)13(10-14)4-5-16-15-6-7-17(21(25)26-3)18(15)11-19(24)20(16)22/h4,14-18,20H,5-11H2,1-3H3/t14-,15-,16+,17+,18-,20-,22-/m0/s1. The van der Waals surface area contributed by atoms with Gasteiger partial charge < -0.3 is 9.47 Å². The molecular formula is C22H30O5. The lowest BCUT2D eigenvalue weighted by Gasteiger charge is -2.54. The molecule has 3 saturated carbocycles. The van der Waals surface area contributed by atoms with Crippen LogP contribution in [0.1, 0.15) is 58.8 Å². The summed E-state index contributed by atoms with van der Waals surface area (Å²) in [4.78, 5) is 36.8. The van der Waals surface area contributed by atoms with Crippen LogP contribution in [0.25, 0.3) is 0 Å². The molecule has 0 aromatic carbocycles. The number of methoxy groups -OCH3 is 1. The molecule has 0 heterocycles. The van der Waals surface area contributed by atoms with E-state index in [1.807, 2.05) is 0 Å². The van der Waals surface area contributed by atoms with Gasteiger partial charge in [0.05, 0.1) is 13.0 Å². The SMILES string of the molecule is COC(=O)[C@@H]1CC[C@H]2[C@H]3CC=C4C[C@@H](OC(C)=O)CC[C@]4(C)[C@@H]3C(=O)C[C@@H]21. The molecule has 0 aliphatic heterocycles. The number of carbonyl (C=O) groups excluding carboxylic acids is 3. The monoisotopic (exact) mass is 374 g/mol. The van der Waals surface area contributed by atoms with Crippen LogP contribution in [0.5, 0.6) is 0 Å². The van der Waals surface area contributed by atoms with Crippen LogP contribution in [0, 0.1) is 35.0 Å². The van der Waals surface area contributed by atoms with Crippen molar-refractivity contribution < 1.29 is 23.9 Å². The Hall–Kier alpha value is -1.65. The first-order valence-corrected chi connectivity index (χ1v) is 10.3. The van der Waals surface area contributed by atoms with Gasteiger partial charge in [0, 0.05) is 25.7 Å². The third-order valence-corrected chi connectivity index (χ3v) is 7.97. The fraction of sp³-hybridized carbons (Fsp3) is 0.773. The quantitative estimate of drug-likeness (QED) is 0.547. The zero-order valence-electron chi connectivity index (χ0n) is 16.5. The number of hydrogen-bond donors (Lipinski definition) is 0. The number of Topliss-reactive ketones (excluding diaryl/α,β-unsaturated/α-hetero) is 1. The van der Waals surface area contributed by atoms with Crippen LogP contribution in [0.15, 0.2) is 11.6 Å². The van der Waals surface area contributed by atoms with Crippen LogP contribution in [-0.2, 0) is 23.9 Å². The average Bonchev–Trinajstić information content (AvgIpc) is 3.04. The van der Waals surface area contributed by atoms with E-state index in [-0.39, 0.29) is 41.2 Å². The summed E-state index contributed by atoms with van der Waals surface area (Å²) in [5.74, 6) is 0.833. The van der Waals surface area contributed by atoms with Gasteiger partial charge in [-0.25, -0.2) is 0 Å². The minimum absolute atomic E-state index is 0.0495. The predicted octanol–water partition coefficient (Wildman–Crippen LogP) is 3.46. The molecular weight excluding hydrogens is 344 g/mol. The Balaban J connectivity index is 1.59. The van der Waals surface area contributed by atoms with Crippen molar-refractivity contribution in [2.24, 2.45) is 35.0 Å². The largest absolute Gasteiger partial charge is 0.469 e. The molecule has 3 fully saturated rings. The van der Waals surface area contributed by atoms with Gasteiger partial charge in [-0.3, -0.25) is 14.4 Å². The van der Waals surface area contributed by atoms with Gasteiger partial charge in [0.2, 0.25) is 0 Å². The lowest BCUT2D eigenvalue weighted by molar-refractivity contribution is -0.153. The fourth-order valence-corrected chi connectivity index (χ4v) is 6.84. The van der Waals surface area contributed by atoms with Gasteiger partial charge in [-0.05, 0) is 55.3 Å². The second kappa shape index (κ2) is 6.75. The molecule has 4 aliphatic rings. The van der Waals surface area contributed by atoms with Crippen molar-refractivity contribution in [1.82, 2.24) is 0 Å². The highest BCUT2D eigenvalue weighted by molar-refractivity contribution is 5.85. The lowest BCUT2D eigenvalue weighted by atomic mass is 9.50. The van der Waals surface area contributed by atoms with Gasteiger partial charge in [0.1, 0.15) is 11.9 Å². The van der Waals surface area contributed by atoms with E-state index in [2.05, 4.69) is 13.0 Å². The van der Waals surface area contributed by atoms with Crippen LogP contribution in [0.3, 0.4) is 0 Å². The first-order valence-electron chi connectivity index (χ1n) is 10.3. The summed E-state index contributed by atoms with van der Waals surface area (Å²) in [6.45, 7) is 3.70. The zero-order valence-corrected chi connectivity index (χ0v) is 16.5. The predicted molar refractivity (Wildman–Crippen MR) is 98.5 cm³/mol. The van der Waals surface area contributed by atoms with Crippen molar-refractivity contribution in [2.45, 2.75) is 64.9 Å². The maximum absolute atomic E-state index is 13.3. The molecule has 27 heavy (non-hydrogen) atoms. The molecule has 4 rings (SSSR count). The first kappa shape index (κ1) is 18.7. The van der Waals surface area contributed by atoms with Crippen molar-refractivity contribution in [3.05, 3.63) is 11.6 Å². The highest BCUT2D eigenvalue weighted by Gasteiger charge is 2.58. The highest BCUT2D eigenvalue weighted by Crippen LogP contribution is 2.61. The molecule has 0 unspecified atom stereocenters. The summed E-state index contributed by atoms with van der Waals surface area (Å²) in [5, 5.41) is 0. The van der Waals surface area contributed by atoms with Crippen LogP contribution < -0.4 is 0 Å². The van der Waals surface area contributed by atoms with Crippen LogP contribution >= 0.6 is 0 Å². The summed E-state index contributed by atoms with van der Waals surface area (Å²) in [6.07, 6.45) is 8.02. The molecule has 0 aromatic rings. The van der Waals surface area contributed by atoms with Gasteiger partial charge in [-0.2, -0.15) is 0 Å². The number of allylic oxidation sites excluding steroid dienone is 1. The number of rotatable bonds is 2. The topological polar surface area (TPSA) is 69.7 Å². The van der Waals surface area contributed by atoms with E-state index in [1.165, 1.54) is 19.6 Å². The number of fused-ring (bicyclic) bond motifs is 5. The van der Waals surface area contributed by atoms with Crippen molar-refractivity contribution in [3.8, 4) is 0 Å². The van der Waals surface area contributed by atoms with E-state index in [1.54, 1.807) is 0 Å². The fourth-order valence-electron chi connectivity index (χ4n) is 6.84. The summed E-state index contributed by atoms with van der Waals surface area (Å²) < 4.78 is 10.5. The second-order valence-electron chi connectivity index (χ2n) is 9.20. The van der Waals surface area contributed by atoms with Gasteiger partial charge in [0.25, 0.3) is 0 Å². The lowest BCUT2D eigenvalue weighted by Crippen LogP contribution is -2.52. The van der Waals surface area contributed by atoms with E-state index in [9.17, 15) is 14.4 Å². The molecule has 0 saturated heterocycles. The number of carbonyl (C=O) groups is 3. The second-order valence-corrected chi connectivity index (χ2v) is 9.20. The van der Waals surface area contributed by atoms with Crippen LogP contribution in [-0.4, -0.2) is 30.9 Å². The van der Waals surface area contributed by atoms with E-state index in [0.717, 1.165) is 38.5 Å². The Morgan fingerprint density at radius 2 is 1.89 bits per heavy atom. The number of hydrogen-bond acceptors (Lipinski definition) is 5. The Labute approximate surface area is 160 Å². The Kier molecular flexibility index (Phi) is 4.68. The van der Waals surface area contributed by atoms with Crippen molar-refractivity contribution in [2.75, 3.05) is 7.11 Å². The van der Waals surface area contributed by atoms with Gasteiger partial charge in [-0.1, -0.05) is 18.6 Å². The maximum Gasteiger partial charge on any atom is 0.308 e. The van der Waals surface area contributed by atoms with E-state index in [0.29, 0.717) is 24.0 Å². The summed E-state index contributed by atoms with van der Waals surface area (Å²) in [5.41, 5.74) is 1.18. The van der Waals surface area contributed by atoms with E-state index >= 15 is 0 Å².